The number of hydrogen-bond donors (Lipinski definition) is 1. The number of nitrogens with zero attached hydrogens (tertiary/aromatic N) is 3. The van der Waals surface area contributed by atoms with Crippen LogP contribution in [-0.2, 0) is 4.79 Å². The highest BCUT2D eigenvalue weighted by atomic mass is 16.4. The van der Waals surface area contributed by atoms with Crippen molar-refractivity contribution in [2.45, 2.75) is 20.3 Å². The maximum atomic E-state index is 10.4. The van der Waals surface area contributed by atoms with Crippen molar-refractivity contribution in [1.29, 1.82) is 5.26 Å². The van der Waals surface area contributed by atoms with Crippen LogP contribution in [-0.4, -0.2) is 29.1 Å². The minimum atomic E-state index is -0.982. The number of carbonyl (C=O) groups is 1. The summed E-state index contributed by atoms with van der Waals surface area (Å²) in [6, 6.07) is 5.81. The van der Waals surface area contributed by atoms with E-state index in [0.717, 1.165) is 24.0 Å². The molecule has 0 radical (unpaired) electrons. The zero-order valence-corrected chi connectivity index (χ0v) is 11.8. The summed E-state index contributed by atoms with van der Waals surface area (Å²) in [5, 5.41) is 17.3. The molecule has 0 aromatic carbocycles. The van der Waals surface area contributed by atoms with Gasteiger partial charge in [0, 0.05) is 25.4 Å². The maximum absolute atomic E-state index is 10.4. The molecule has 1 heterocycles. The van der Waals surface area contributed by atoms with Gasteiger partial charge in [-0.15, -0.1) is 0 Å². The first-order valence-corrected chi connectivity index (χ1v) is 6.52. The van der Waals surface area contributed by atoms with E-state index in [1.54, 1.807) is 6.20 Å². The van der Waals surface area contributed by atoms with Crippen LogP contribution < -0.4 is 4.90 Å². The Labute approximate surface area is 119 Å². The van der Waals surface area contributed by atoms with Crippen LogP contribution in [0.15, 0.2) is 24.4 Å². The van der Waals surface area contributed by atoms with E-state index < -0.39 is 5.97 Å². The van der Waals surface area contributed by atoms with E-state index in [0.29, 0.717) is 18.9 Å². The zero-order chi connectivity index (χ0) is 15.0. The molecular formula is C15H19N3O2. The summed E-state index contributed by atoms with van der Waals surface area (Å²) in [6.45, 7) is 5.71. The second kappa shape index (κ2) is 7.95. The lowest BCUT2D eigenvalue weighted by Crippen LogP contribution is -2.29. The number of aliphatic carboxylic acids is 1. The standard InChI is InChI=1S/C15H19N3O2/c1-12(2)11-18(9-3-8-16)14-6-4-13(10-17-14)5-7-15(19)20/h4-7,10,12H,3,9,11H2,1-2H3,(H,19,20)/b7-5+. The molecule has 0 saturated carbocycles. The third-order valence-electron chi connectivity index (χ3n) is 2.59. The first kappa shape index (κ1) is 15.7. The van der Waals surface area contributed by atoms with E-state index >= 15 is 0 Å². The molecular weight excluding hydrogens is 254 g/mol. The van der Waals surface area contributed by atoms with Crippen LogP contribution in [0.2, 0.25) is 0 Å². The Kier molecular flexibility index (Phi) is 6.24. The van der Waals surface area contributed by atoms with Crippen LogP contribution in [0.25, 0.3) is 6.08 Å². The summed E-state index contributed by atoms with van der Waals surface area (Å²) in [6.07, 6.45) is 4.67. The lowest BCUT2D eigenvalue weighted by molar-refractivity contribution is -0.131. The van der Waals surface area contributed by atoms with Crippen LogP contribution >= 0.6 is 0 Å². The first-order chi connectivity index (χ1) is 9.52. The fourth-order valence-corrected chi connectivity index (χ4v) is 1.78. The second-order valence-corrected chi connectivity index (χ2v) is 4.87. The van der Waals surface area contributed by atoms with E-state index in [9.17, 15) is 4.79 Å². The van der Waals surface area contributed by atoms with Gasteiger partial charge < -0.3 is 10.0 Å². The van der Waals surface area contributed by atoms with Gasteiger partial charge in [-0.2, -0.15) is 5.26 Å². The summed E-state index contributed by atoms with van der Waals surface area (Å²) in [5.41, 5.74) is 0.737. The number of pyridine rings is 1. The molecule has 0 aliphatic carbocycles. The molecule has 0 unspecified atom stereocenters. The molecule has 5 heteroatoms. The summed E-state index contributed by atoms with van der Waals surface area (Å²) < 4.78 is 0. The maximum Gasteiger partial charge on any atom is 0.328 e. The number of aromatic nitrogens is 1. The van der Waals surface area contributed by atoms with Gasteiger partial charge in [0.1, 0.15) is 5.82 Å². The molecule has 1 aromatic heterocycles. The number of hydrogen-bond acceptors (Lipinski definition) is 4. The van der Waals surface area contributed by atoms with Crippen molar-refractivity contribution in [2.75, 3.05) is 18.0 Å². The van der Waals surface area contributed by atoms with Gasteiger partial charge in [-0.3, -0.25) is 0 Å². The molecule has 0 amide bonds. The van der Waals surface area contributed by atoms with E-state index in [1.165, 1.54) is 6.08 Å². The van der Waals surface area contributed by atoms with Crippen molar-refractivity contribution in [2.24, 2.45) is 5.92 Å². The largest absolute Gasteiger partial charge is 0.478 e. The van der Waals surface area contributed by atoms with E-state index in [4.69, 9.17) is 10.4 Å². The van der Waals surface area contributed by atoms with Crippen LogP contribution in [0.1, 0.15) is 25.8 Å². The second-order valence-electron chi connectivity index (χ2n) is 4.87. The SMILES string of the molecule is CC(C)CN(CCC#N)c1ccc(/C=C/C(=O)O)cn1. The monoisotopic (exact) mass is 273 g/mol. The normalized spacial score (nSPS) is 10.7. The summed E-state index contributed by atoms with van der Waals surface area (Å²) in [7, 11) is 0. The first-order valence-electron chi connectivity index (χ1n) is 6.52. The molecule has 1 N–H and O–H groups in total. The minimum Gasteiger partial charge on any atom is -0.478 e. The van der Waals surface area contributed by atoms with Gasteiger partial charge in [-0.25, -0.2) is 9.78 Å². The predicted octanol–water partition coefficient (Wildman–Crippen LogP) is 2.56. The number of carboxylic acid groups (broad SMARTS) is 1. The fraction of sp³-hybridized carbons (Fsp3) is 0.400. The number of carboxylic acids is 1. The zero-order valence-electron chi connectivity index (χ0n) is 11.8. The fourth-order valence-electron chi connectivity index (χ4n) is 1.78. The van der Waals surface area contributed by atoms with Crippen LogP contribution in [0.4, 0.5) is 5.82 Å². The van der Waals surface area contributed by atoms with Gasteiger partial charge >= 0.3 is 5.97 Å². The van der Waals surface area contributed by atoms with E-state index in [1.807, 2.05) is 12.1 Å². The van der Waals surface area contributed by atoms with E-state index in [-0.39, 0.29) is 0 Å². The number of anilines is 1. The smallest absolute Gasteiger partial charge is 0.328 e. The number of rotatable bonds is 7. The van der Waals surface area contributed by atoms with Crippen molar-refractivity contribution < 1.29 is 9.90 Å². The molecule has 5 nitrogen and oxygen atoms in total. The molecule has 1 aromatic rings. The summed E-state index contributed by atoms with van der Waals surface area (Å²) in [5.74, 6) is 0.299. The van der Waals surface area contributed by atoms with Crippen molar-refractivity contribution in [3.63, 3.8) is 0 Å². The molecule has 106 valence electrons. The molecule has 0 fully saturated rings. The van der Waals surface area contributed by atoms with Gasteiger partial charge in [0.15, 0.2) is 0 Å². The van der Waals surface area contributed by atoms with Gasteiger partial charge in [0.2, 0.25) is 0 Å². The molecule has 1 rings (SSSR count). The average molecular weight is 273 g/mol. The molecule has 0 bridgehead atoms. The molecule has 0 spiro atoms. The van der Waals surface area contributed by atoms with Gasteiger partial charge in [0.05, 0.1) is 12.5 Å². The van der Waals surface area contributed by atoms with Crippen LogP contribution in [0.5, 0.6) is 0 Å². The Hall–Kier alpha value is -2.35. The Morgan fingerprint density at radius 1 is 1.55 bits per heavy atom. The van der Waals surface area contributed by atoms with Crippen LogP contribution in [0.3, 0.4) is 0 Å². The van der Waals surface area contributed by atoms with Gasteiger partial charge in [0.25, 0.3) is 0 Å². The van der Waals surface area contributed by atoms with Crippen molar-refractivity contribution in [3.05, 3.63) is 30.0 Å². The quantitative estimate of drug-likeness (QED) is 0.772. The Bertz CT molecular complexity index is 501. The topological polar surface area (TPSA) is 77.2 Å². The van der Waals surface area contributed by atoms with E-state index in [2.05, 4.69) is 29.8 Å². The summed E-state index contributed by atoms with van der Waals surface area (Å²) in [4.78, 5) is 16.8. The highest BCUT2D eigenvalue weighted by molar-refractivity contribution is 5.85. The number of nitriles is 1. The Morgan fingerprint density at radius 2 is 2.30 bits per heavy atom. The highest BCUT2D eigenvalue weighted by Gasteiger charge is 2.09. The van der Waals surface area contributed by atoms with Crippen molar-refractivity contribution >= 4 is 17.9 Å². The average Bonchev–Trinajstić information content (AvgIpc) is 2.41. The third-order valence-corrected chi connectivity index (χ3v) is 2.59. The lowest BCUT2D eigenvalue weighted by Gasteiger charge is -2.24. The third kappa shape index (κ3) is 5.53. The molecule has 0 aliphatic heterocycles. The molecule has 20 heavy (non-hydrogen) atoms. The predicted molar refractivity (Wildman–Crippen MR) is 78.2 cm³/mol. The summed E-state index contributed by atoms with van der Waals surface area (Å²) >= 11 is 0. The van der Waals surface area contributed by atoms with Crippen LogP contribution in [0, 0.1) is 17.2 Å². The molecule has 0 aliphatic rings. The molecule has 0 atom stereocenters. The van der Waals surface area contributed by atoms with Crippen molar-refractivity contribution in [1.82, 2.24) is 4.98 Å². The van der Waals surface area contributed by atoms with Crippen molar-refractivity contribution in [3.8, 4) is 6.07 Å². The Morgan fingerprint density at radius 3 is 2.80 bits per heavy atom. The van der Waals surface area contributed by atoms with Gasteiger partial charge in [-0.05, 0) is 29.7 Å². The minimum absolute atomic E-state index is 0.453. The Balaban J connectivity index is 2.81. The lowest BCUT2D eigenvalue weighted by atomic mass is 10.2. The van der Waals surface area contributed by atoms with Gasteiger partial charge in [-0.1, -0.05) is 13.8 Å². The highest BCUT2D eigenvalue weighted by Crippen LogP contribution is 2.14. The molecule has 0 saturated heterocycles.